The Hall–Kier alpha value is -3.07. The van der Waals surface area contributed by atoms with Crippen LogP contribution in [0.3, 0.4) is 0 Å². The average molecular weight is 433 g/mol. The second-order valence-corrected chi connectivity index (χ2v) is 7.55. The van der Waals surface area contributed by atoms with Crippen LogP contribution < -0.4 is 16.4 Å². The zero-order valence-electron chi connectivity index (χ0n) is 17.2. The highest BCUT2D eigenvalue weighted by Gasteiger charge is 2.30. The van der Waals surface area contributed by atoms with E-state index >= 15 is 0 Å². The second kappa shape index (κ2) is 9.82. The van der Waals surface area contributed by atoms with Gasteiger partial charge in [-0.25, -0.2) is 0 Å². The fourth-order valence-electron chi connectivity index (χ4n) is 3.51. The predicted molar refractivity (Wildman–Crippen MR) is 113 cm³/mol. The molecule has 0 radical (unpaired) electrons. The number of halogens is 3. The molecule has 0 aromatic heterocycles. The zero-order valence-corrected chi connectivity index (χ0v) is 17.2. The Labute approximate surface area is 179 Å². The van der Waals surface area contributed by atoms with Gasteiger partial charge in [0.05, 0.1) is 5.56 Å². The van der Waals surface area contributed by atoms with Gasteiger partial charge >= 0.3 is 6.18 Å². The molecule has 31 heavy (non-hydrogen) atoms. The van der Waals surface area contributed by atoms with Gasteiger partial charge in [0.1, 0.15) is 0 Å². The maximum absolute atomic E-state index is 12.7. The highest BCUT2D eigenvalue weighted by atomic mass is 19.4. The first kappa shape index (κ1) is 22.6. The van der Waals surface area contributed by atoms with Crippen LogP contribution in [0.1, 0.15) is 33.5 Å². The van der Waals surface area contributed by atoms with Crippen molar-refractivity contribution in [1.29, 1.82) is 0 Å². The lowest BCUT2D eigenvalue weighted by atomic mass is 10.1. The van der Waals surface area contributed by atoms with Crippen LogP contribution in [0, 0.1) is 0 Å². The average Bonchev–Trinajstić information content (AvgIpc) is 3.18. The van der Waals surface area contributed by atoms with Gasteiger partial charge in [-0.15, -0.1) is 0 Å². The van der Waals surface area contributed by atoms with E-state index in [0.29, 0.717) is 24.6 Å². The van der Waals surface area contributed by atoms with Gasteiger partial charge in [-0.2, -0.15) is 13.2 Å². The first-order valence-electron chi connectivity index (χ1n) is 9.99. The summed E-state index contributed by atoms with van der Waals surface area (Å²) >= 11 is 0. The highest BCUT2D eigenvalue weighted by Crippen LogP contribution is 2.29. The zero-order chi connectivity index (χ0) is 22.4. The minimum absolute atomic E-state index is 0.192. The first-order chi connectivity index (χ1) is 14.7. The maximum Gasteiger partial charge on any atom is 0.416 e. The number of hydrogen-bond donors (Lipinski definition) is 3. The van der Waals surface area contributed by atoms with Gasteiger partial charge in [0.2, 0.25) is 5.91 Å². The SMILES string of the molecule is CN=C(NCc1ccc(C(N)=O)cc1)NC1CCN(Cc2ccc(C(F)(F)F)cc2)C1. The van der Waals surface area contributed by atoms with Gasteiger partial charge in [0, 0.05) is 44.8 Å². The summed E-state index contributed by atoms with van der Waals surface area (Å²) in [7, 11) is 1.69. The number of carbonyl (C=O) groups is 1. The summed E-state index contributed by atoms with van der Waals surface area (Å²) in [6.07, 6.45) is -3.40. The summed E-state index contributed by atoms with van der Waals surface area (Å²) in [6, 6.07) is 12.6. The van der Waals surface area contributed by atoms with Crippen LogP contribution in [0.25, 0.3) is 0 Å². The maximum atomic E-state index is 12.7. The van der Waals surface area contributed by atoms with Crippen LogP contribution in [-0.2, 0) is 19.3 Å². The van der Waals surface area contributed by atoms with Crippen molar-refractivity contribution in [3.63, 3.8) is 0 Å². The lowest BCUT2D eigenvalue weighted by Crippen LogP contribution is -2.44. The Bertz CT molecular complexity index is 910. The third-order valence-corrected chi connectivity index (χ3v) is 5.22. The van der Waals surface area contributed by atoms with Gasteiger partial charge < -0.3 is 16.4 Å². The summed E-state index contributed by atoms with van der Waals surface area (Å²) in [6.45, 7) is 2.77. The van der Waals surface area contributed by atoms with Crippen LogP contribution in [0.5, 0.6) is 0 Å². The highest BCUT2D eigenvalue weighted by molar-refractivity contribution is 5.92. The molecule has 1 heterocycles. The number of hydrogen-bond acceptors (Lipinski definition) is 3. The number of nitrogens with two attached hydrogens (primary N) is 1. The molecule has 0 saturated carbocycles. The number of guanidine groups is 1. The molecule has 2 aromatic carbocycles. The van der Waals surface area contributed by atoms with Crippen LogP contribution in [0.2, 0.25) is 0 Å². The number of nitrogens with zero attached hydrogens (tertiary/aromatic N) is 2. The third kappa shape index (κ3) is 6.45. The van der Waals surface area contributed by atoms with Crippen LogP contribution >= 0.6 is 0 Å². The number of nitrogens with one attached hydrogen (secondary N) is 2. The third-order valence-electron chi connectivity index (χ3n) is 5.22. The van der Waals surface area contributed by atoms with Gasteiger partial charge in [0.15, 0.2) is 5.96 Å². The fourth-order valence-corrected chi connectivity index (χ4v) is 3.51. The summed E-state index contributed by atoms with van der Waals surface area (Å²) in [5.74, 6) is 0.208. The molecule has 0 bridgehead atoms. The van der Waals surface area contributed by atoms with E-state index in [9.17, 15) is 18.0 Å². The number of benzene rings is 2. The molecular formula is C22H26F3N5O. The van der Waals surface area contributed by atoms with E-state index in [1.807, 2.05) is 12.1 Å². The molecule has 0 spiro atoms. The number of aliphatic imine (C=N–C) groups is 1. The molecule has 6 nitrogen and oxygen atoms in total. The minimum atomic E-state index is -4.31. The number of carbonyl (C=O) groups excluding carboxylic acids is 1. The fraction of sp³-hybridized carbons (Fsp3) is 0.364. The van der Waals surface area contributed by atoms with E-state index in [0.717, 1.165) is 42.8 Å². The van der Waals surface area contributed by atoms with Crippen molar-refractivity contribution in [1.82, 2.24) is 15.5 Å². The topological polar surface area (TPSA) is 82.7 Å². The molecule has 1 atom stereocenters. The van der Waals surface area contributed by atoms with Gasteiger partial charge in [-0.05, 0) is 41.8 Å². The molecule has 1 fully saturated rings. The Morgan fingerprint density at radius 3 is 2.35 bits per heavy atom. The molecule has 4 N–H and O–H groups in total. The number of likely N-dealkylation sites (tertiary alicyclic amines) is 1. The number of amides is 1. The Balaban J connectivity index is 1.46. The summed E-state index contributed by atoms with van der Waals surface area (Å²) in [5, 5.41) is 6.63. The molecular weight excluding hydrogens is 407 g/mol. The molecule has 166 valence electrons. The van der Waals surface area contributed by atoms with E-state index in [2.05, 4.69) is 20.5 Å². The molecule has 2 aromatic rings. The molecule has 1 amide bonds. The normalized spacial score (nSPS) is 17.5. The van der Waals surface area contributed by atoms with E-state index in [-0.39, 0.29) is 6.04 Å². The molecule has 0 aliphatic carbocycles. The number of rotatable bonds is 6. The molecule has 1 aliphatic rings. The standard InChI is InChI=1S/C22H26F3N5O/c1-27-21(28-12-15-2-6-17(7-3-15)20(26)31)29-19-10-11-30(14-19)13-16-4-8-18(9-5-16)22(23,24)25/h2-9,19H,10-14H2,1H3,(H2,26,31)(H2,27,28,29). The van der Waals surface area contributed by atoms with Gasteiger partial charge in [-0.3, -0.25) is 14.7 Å². The quantitative estimate of drug-likeness (QED) is 0.483. The lowest BCUT2D eigenvalue weighted by Gasteiger charge is -2.19. The van der Waals surface area contributed by atoms with Crippen LogP contribution in [-0.4, -0.2) is 42.9 Å². The minimum Gasteiger partial charge on any atom is -0.366 e. The van der Waals surface area contributed by atoms with E-state index in [1.165, 1.54) is 12.1 Å². The van der Waals surface area contributed by atoms with Crippen molar-refractivity contribution in [2.45, 2.75) is 31.7 Å². The van der Waals surface area contributed by atoms with Crippen LogP contribution in [0.15, 0.2) is 53.5 Å². The summed E-state index contributed by atoms with van der Waals surface area (Å²) < 4.78 is 38.1. The van der Waals surface area contributed by atoms with Crippen molar-refractivity contribution in [3.8, 4) is 0 Å². The van der Waals surface area contributed by atoms with Gasteiger partial charge in [0.25, 0.3) is 0 Å². The first-order valence-corrected chi connectivity index (χ1v) is 9.99. The predicted octanol–water partition coefficient (Wildman–Crippen LogP) is 2.74. The van der Waals surface area contributed by atoms with Crippen molar-refractivity contribution in [2.75, 3.05) is 20.1 Å². The van der Waals surface area contributed by atoms with E-state index in [1.54, 1.807) is 19.2 Å². The van der Waals surface area contributed by atoms with Crippen molar-refractivity contribution in [2.24, 2.45) is 10.7 Å². The van der Waals surface area contributed by atoms with Gasteiger partial charge in [-0.1, -0.05) is 24.3 Å². The molecule has 1 aliphatic heterocycles. The van der Waals surface area contributed by atoms with E-state index < -0.39 is 17.6 Å². The monoisotopic (exact) mass is 433 g/mol. The van der Waals surface area contributed by atoms with Crippen molar-refractivity contribution in [3.05, 3.63) is 70.8 Å². The smallest absolute Gasteiger partial charge is 0.366 e. The Kier molecular flexibility index (Phi) is 7.17. The van der Waals surface area contributed by atoms with Crippen molar-refractivity contribution >= 4 is 11.9 Å². The number of alkyl halides is 3. The summed E-state index contributed by atoms with van der Waals surface area (Å²) in [5.41, 5.74) is 6.93. The molecule has 9 heteroatoms. The molecule has 1 unspecified atom stereocenters. The Morgan fingerprint density at radius 1 is 1.13 bits per heavy atom. The molecule has 1 saturated heterocycles. The van der Waals surface area contributed by atoms with E-state index in [4.69, 9.17) is 5.73 Å². The summed E-state index contributed by atoms with van der Waals surface area (Å²) in [4.78, 5) is 17.6. The Morgan fingerprint density at radius 2 is 1.77 bits per heavy atom. The largest absolute Gasteiger partial charge is 0.416 e. The second-order valence-electron chi connectivity index (χ2n) is 7.55. The van der Waals surface area contributed by atoms with Crippen molar-refractivity contribution < 1.29 is 18.0 Å². The number of primary amides is 1. The molecule has 3 rings (SSSR count). The van der Waals surface area contributed by atoms with Crippen LogP contribution in [0.4, 0.5) is 13.2 Å². The lowest BCUT2D eigenvalue weighted by molar-refractivity contribution is -0.137.